The number of nitrogens with two attached hydrogens (primary N) is 1. The molecule has 0 atom stereocenters. The van der Waals surface area contributed by atoms with Gasteiger partial charge in [-0.2, -0.15) is 0 Å². The van der Waals surface area contributed by atoms with Gasteiger partial charge in [0.05, 0.1) is 4.90 Å². The van der Waals surface area contributed by atoms with Gasteiger partial charge < -0.3 is 4.55 Å². The van der Waals surface area contributed by atoms with E-state index < -0.39 is 10.1 Å². The summed E-state index contributed by atoms with van der Waals surface area (Å²) < 4.78 is 31.2. The fraction of sp³-hybridized carbons (Fsp3) is 0.143. The van der Waals surface area contributed by atoms with Crippen LogP contribution in [-0.2, 0) is 10.1 Å². The van der Waals surface area contributed by atoms with Gasteiger partial charge in [-0.1, -0.05) is 17.7 Å². The zero-order valence-electron chi connectivity index (χ0n) is 7.90. The van der Waals surface area contributed by atoms with Crippen molar-refractivity contribution in [2.75, 3.05) is 0 Å². The Balaban J connectivity index is 0. The maximum Gasteiger partial charge on any atom is 1.00 e. The minimum absolute atomic E-state index is 0. The SMILES string of the molecule is Cc1ccc(S(=O)(=O)[O-])cc1.NCl.[Na+]. The Morgan fingerprint density at radius 3 is 1.86 bits per heavy atom. The molecule has 0 fully saturated rings. The van der Waals surface area contributed by atoms with Gasteiger partial charge in [-0.3, -0.25) is 0 Å². The molecule has 0 aliphatic carbocycles. The maximum atomic E-state index is 10.4. The number of rotatable bonds is 1. The second-order valence-corrected chi connectivity index (χ2v) is 3.65. The normalized spacial score (nSPS) is 9.43. The number of hydrogen-bond acceptors (Lipinski definition) is 4. The largest absolute Gasteiger partial charge is 1.00 e. The third kappa shape index (κ3) is 5.98. The van der Waals surface area contributed by atoms with Gasteiger partial charge in [-0.05, 0) is 30.8 Å². The molecule has 1 rings (SSSR count). The van der Waals surface area contributed by atoms with Crippen LogP contribution in [0.1, 0.15) is 5.56 Å². The van der Waals surface area contributed by atoms with Gasteiger partial charge in [0.1, 0.15) is 10.1 Å². The first-order chi connectivity index (χ1) is 6.00. The van der Waals surface area contributed by atoms with E-state index in [2.05, 4.69) is 17.0 Å². The fourth-order valence-corrected chi connectivity index (χ4v) is 1.17. The van der Waals surface area contributed by atoms with Crippen molar-refractivity contribution < 1.29 is 42.5 Å². The van der Waals surface area contributed by atoms with Crippen LogP contribution in [0.4, 0.5) is 0 Å². The van der Waals surface area contributed by atoms with Crippen LogP contribution >= 0.6 is 11.8 Å². The average Bonchev–Trinajstić information content (AvgIpc) is 2.07. The van der Waals surface area contributed by atoms with Crippen molar-refractivity contribution in [1.82, 2.24) is 0 Å². The molecule has 0 aromatic heterocycles. The van der Waals surface area contributed by atoms with Crippen LogP contribution in [0.5, 0.6) is 0 Å². The molecule has 1 aromatic rings. The Kier molecular flexibility index (Phi) is 9.17. The standard InChI is InChI=1S/C7H8O3S.ClH2N.Na/c1-6-2-4-7(5-3-6)11(8,9)10;1-2;/h2-5H,1H3,(H,8,9,10);2H2;/q;;+1/p-1. The number of benzene rings is 1. The zero-order valence-corrected chi connectivity index (χ0v) is 11.5. The molecule has 7 heteroatoms. The van der Waals surface area contributed by atoms with Crippen molar-refractivity contribution in [3.05, 3.63) is 29.8 Å². The predicted molar refractivity (Wildman–Crippen MR) is 49.2 cm³/mol. The van der Waals surface area contributed by atoms with Crippen LogP contribution in [0.2, 0.25) is 0 Å². The van der Waals surface area contributed by atoms with E-state index in [-0.39, 0.29) is 34.5 Å². The Labute approximate surface area is 111 Å². The first-order valence-corrected chi connectivity index (χ1v) is 5.09. The Morgan fingerprint density at radius 1 is 1.21 bits per heavy atom. The Bertz CT molecular complexity index is 352. The van der Waals surface area contributed by atoms with Crippen molar-refractivity contribution in [3.63, 3.8) is 0 Å². The molecule has 0 radical (unpaired) electrons. The van der Waals surface area contributed by atoms with Crippen LogP contribution in [0.3, 0.4) is 0 Å². The summed E-state index contributed by atoms with van der Waals surface area (Å²) in [6.45, 7) is 1.82. The molecule has 1 aromatic carbocycles. The molecule has 0 amide bonds. The van der Waals surface area contributed by atoms with E-state index in [0.29, 0.717) is 0 Å². The topological polar surface area (TPSA) is 83.2 Å². The summed E-state index contributed by atoms with van der Waals surface area (Å²) in [4.78, 5) is -0.178. The van der Waals surface area contributed by atoms with Crippen LogP contribution in [0.25, 0.3) is 0 Å². The Hall–Kier alpha value is 0.380. The summed E-state index contributed by atoms with van der Waals surface area (Å²) in [7, 11) is -4.27. The van der Waals surface area contributed by atoms with E-state index in [1.807, 2.05) is 6.92 Å². The summed E-state index contributed by atoms with van der Waals surface area (Å²) in [5.74, 6) is 0. The quantitative estimate of drug-likeness (QED) is 0.353. The number of hydrogen-bond donors (Lipinski definition) is 1. The third-order valence-corrected chi connectivity index (χ3v) is 2.16. The first-order valence-electron chi connectivity index (χ1n) is 3.24. The molecule has 4 nitrogen and oxygen atoms in total. The minimum atomic E-state index is -4.27. The van der Waals surface area contributed by atoms with Crippen molar-refractivity contribution in [3.8, 4) is 0 Å². The number of aryl methyl sites for hydroxylation is 1. The first kappa shape index (κ1) is 16.8. The second kappa shape index (κ2) is 7.64. The van der Waals surface area contributed by atoms with E-state index in [9.17, 15) is 13.0 Å². The molecule has 0 aliphatic heterocycles. The van der Waals surface area contributed by atoms with Gasteiger partial charge in [0.2, 0.25) is 0 Å². The van der Waals surface area contributed by atoms with Gasteiger partial charge in [-0.15, -0.1) is 0 Å². The van der Waals surface area contributed by atoms with Crippen molar-refractivity contribution >= 4 is 21.9 Å². The van der Waals surface area contributed by atoms with Crippen molar-refractivity contribution in [1.29, 1.82) is 0 Å². The zero-order chi connectivity index (χ0) is 10.5. The van der Waals surface area contributed by atoms with Crippen molar-refractivity contribution in [2.45, 2.75) is 11.8 Å². The minimum Gasteiger partial charge on any atom is -0.744 e. The predicted octanol–water partition coefficient (Wildman–Crippen LogP) is -2.00. The van der Waals surface area contributed by atoms with Crippen molar-refractivity contribution in [2.24, 2.45) is 5.25 Å². The van der Waals surface area contributed by atoms with Crippen LogP contribution in [-0.4, -0.2) is 13.0 Å². The maximum absolute atomic E-state index is 10.4. The smallest absolute Gasteiger partial charge is 0.744 e. The fourth-order valence-electron chi connectivity index (χ4n) is 0.705. The van der Waals surface area contributed by atoms with Crippen LogP contribution < -0.4 is 34.8 Å². The third-order valence-electron chi connectivity index (χ3n) is 1.31. The molecule has 74 valence electrons. The molecule has 0 bridgehead atoms. The molecule has 0 aliphatic rings. The van der Waals surface area contributed by atoms with Crippen LogP contribution in [0.15, 0.2) is 29.2 Å². The van der Waals surface area contributed by atoms with Gasteiger partial charge in [-0.25, -0.2) is 13.7 Å². The molecule has 2 N–H and O–H groups in total. The molecule has 0 spiro atoms. The molecule has 0 unspecified atom stereocenters. The molecule has 0 heterocycles. The van der Waals surface area contributed by atoms with E-state index in [1.165, 1.54) is 12.1 Å². The molecular weight excluding hydrogens is 237 g/mol. The van der Waals surface area contributed by atoms with Gasteiger partial charge in [0.25, 0.3) is 0 Å². The monoisotopic (exact) mass is 245 g/mol. The van der Waals surface area contributed by atoms with E-state index in [0.717, 1.165) is 5.56 Å². The van der Waals surface area contributed by atoms with Gasteiger partial charge in [0.15, 0.2) is 0 Å². The van der Waals surface area contributed by atoms with E-state index >= 15 is 0 Å². The van der Waals surface area contributed by atoms with Gasteiger partial charge >= 0.3 is 29.6 Å². The summed E-state index contributed by atoms with van der Waals surface area (Å²) in [6.07, 6.45) is 0. The molecule has 0 saturated heterocycles. The van der Waals surface area contributed by atoms with Gasteiger partial charge in [0, 0.05) is 0 Å². The summed E-state index contributed by atoms with van der Waals surface area (Å²) >= 11 is 4.14. The summed E-state index contributed by atoms with van der Waals surface area (Å²) in [5, 5.41) is 3.97. The average molecular weight is 246 g/mol. The molecular formula is C7H9ClNNaO3S. The summed E-state index contributed by atoms with van der Waals surface area (Å²) in [6, 6.07) is 5.78. The number of halogens is 1. The second-order valence-electron chi connectivity index (χ2n) is 2.27. The summed E-state index contributed by atoms with van der Waals surface area (Å²) in [5.41, 5.74) is 0.928. The van der Waals surface area contributed by atoms with Crippen LogP contribution in [0, 0.1) is 6.92 Å². The molecule has 14 heavy (non-hydrogen) atoms. The molecule has 0 saturated carbocycles. The van der Waals surface area contributed by atoms with E-state index in [1.54, 1.807) is 12.1 Å². The Morgan fingerprint density at radius 2 is 1.57 bits per heavy atom. The van der Waals surface area contributed by atoms with E-state index in [4.69, 9.17) is 0 Å².